The fourth-order valence-corrected chi connectivity index (χ4v) is 5.08. The molecule has 0 aliphatic rings. The molecule has 1 rings (SSSR count). The van der Waals surface area contributed by atoms with Crippen LogP contribution in [0.4, 0.5) is 0 Å². The highest BCUT2D eigenvalue weighted by Gasteiger charge is 2.31. The lowest BCUT2D eigenvalue weighted by Crippen LogP contribution is -2.13. The van der Waals surface area contributed by atoms with Gasteiger partial charge >= 0.3 is 5.97 Å². The van der Waals surface area contributed by atoms with E-state index in [2.05, 4.69) is 0 Å². The van der Waals surface area contributed by atoms with Crippen molar-refractivity contribution in [3.8, 4) is 0 Å². The molecule has 0 radical (unpaired) electrons. The first-order chi connectivity index (χ1) is 9.06. The molecule has 0 heterocycles. The van der Waals surface area contributed by atoms with Gasteiger partial charge in [-0.25, -0.2) is 0 Å². The van der Waals surface area contributed by atoms with E-state index in [1.54, 1.807) is 6.92 Å². The second kappa shape index (κ2) is 9.88. The summed E-state index contributed by atoms with van der Waals surface area (Å²) in [6.07, 6.45) is 0. The van der Waals surface area contributed by atoms with E-state index >= 15 is 0 Å². The summed E-state index contributed by atoms with van der Waals surface area (Å²) in [6.45, 7) is 2.10. The van der Waals surface area contributed by atoms with Gasteiger partial charge in [-0.2, -0.15) is 9.90 Å². The number of rotatable bonds is 7. The van der Waals surface area contributed by atoms with Crippen LogP contribution in [0.15, 0.2) is 30.3 Å². The summed E-state index contributed by atoms with van der Waals surface area (Å²) in [4.78, 5) is 12.1. The van der Waals surface area contributed by atoms with Crippen LogP contribution in [-0.4, -0.2) is 26.8 Å². The molecule has 0 aliphatic heterocycles. The molecule has 0 aromatic heterocycles. The minimum atomic E-state index is -2.53. The maximum Gasteiger partial charge on any atom is 0.324 e. The molecule has 2 atom stereocenters. The Morgan fingerprint density at radius 2 is 1.85 bits per heavy atom. The van der Waals surface area contributed by atoms with Crippen molar-refractivity contribution in [2.45, 2.75) is 12.2 Å². The van der Waals surface area contributed by atoms with Crippen molar-refractivity contribution in [1.29, 1.82) is 0 Å². The Balaban J connectivity index is 0.00000361. The van der Waals surface area contributed by atoms with E-state index in [0.717, 1.165) is 5.56 Å². The number of carbonyl (C=O) groups is 1. The number of benzene rings is 1. The summed E-state index contributed by atoms with van der Waals surface area (Å²) >= 11 is 6.51. The lowest BCUT2D eigenvalue weighted by Gasteiger charge is -2.22. The maximum absolute atomic E-state index is 12.1. The Bertz CT molecular complexity index is 448. The number of esters is 1. The highest BCUT2D eigenvalue weighted by atomic mass is 32.9. The number of hydrogen-bond donors (Lipinski definition) is 0. The third-order valence-corrected chi connectivity index (χ3v) is 8.08. The van der Waals surface area contributed by atoms with Gasteiger partial charge in [0.2, 0.25) is 5.69 Å². The van der Waals surface area contributed by atoms with E-state index in [0.29, 0.717) is 6.61 Å². The minimum Gasteiger partial charge on any atom is -0.465 e. The van der Waals surface area contributed by atoms with E-state index in [-0.39, 0.29) is 15.9 Å². The van der Waals surface area contributed by atoms with Crippen molar-refractivity contribution in [2.75, 3.05) is 20.8 Å². The summed E-state index contributed by atoms with van der Waals surface area (Å²) < 4.78 is 15.5. The second-order valence-corrected chi connectivity index (χ2v) is 9.98. The highest BCUT2D eigenvalue weighted by Crippen LogP contribution is 2.65. The molecule has 0 saturated heterocycles. The average Bonchev–Trinajstić information content (AvgIpc) is 2.45. The van der Waals surface area contributed by atoms with Crippen molar-refractivity contribution in [3.63, 3.8) is 0 Å². The van der Waals surface area contributed by atoms with Gasteiger partial charge in [-0.05, 0) is 24.3 Å². The van der Waals surface area contributed by atoms with Crippen molar-refractivity contribution >= 4 is 44.8 Å². The van der Waals surface area contributed by atoms with Crippen LogP contribution >= 0.6 is 27.0 Å². The fraction of sp³-hybridized carbons (Fsp3) is 0.417. The predicted molar refractivity (Wildman–Crippen MR) is 92.8 cm³/mol. The van der Waals surface area contributed by atoms with E-state index in [9.17, 15) is 4.79 Å². The lowest BCUT2D eigenvalue weighted by molar-refractivity contribution is -0.142. The van der Waals surface area contributed by atoms with Gasteiger partial charge in [0.1, 0.15) is 5.25 Å². The van der Waals surface area contributed by atoms with E-state index in [1.807, 2.05) is 30.3 Å². The zero-order valence-corrected chi connectivity index (χ0v) is 15.7. The number of ether oxygens (including phenoxy) is 1. The molecule has 0 spiro atoms. The van der Waals surface area contributed by atoms with Gasteiger partial charge < -0.3 is 13.8 Å². The zero-order valence-electron chi connectivity index (χ0n) is 11.8. The molecule has 0 fully saturated rings. The maximum atomic E-state index is 12.1. The Hall–Kier alpha value is 0.0400. The smallest absolute Gasteiger partial charge is 0.324 e. The first kappa shape index (κ1) is 20.0. The largest absolute Gasteiger partial charge is 0.465 e. The van der Waals surface area contributed by atoms with Gasteiger partial charge in [0, 0.05) is 14.2 Å². The summed E-state index contributed by atoms with van der Waals surface area (Å²) in [7, 11) is 2.98. The molecule has 20 heavy (non-hydrogen) atoms. The molecule has 0 N–H and O–H groups in total. The fourth-order valence-electron chi connectivity index (χ4n) is 1.38. The standard InChI is InChI=1S/C12H17O4PS2.H3P/c1-4-16-12(13)11(10-8-6-5-7-9-10)19-17(18,14-2)15-3;/h5-9,11H,4H2,1-3H3;1H3. The molecule has 0 aliphatic carbocycles. The number of hydrogen-bond acceptors (Lipinski definition) is 6. The SMILES string of the molecule is CCOC(=O)C(SP(=S)(OC)OC)c1ccccc1.P. The summed E-state index contributed by atoms with van der Waals surface area (Å²) in [6, 6.07) is 9.34. The molecular formula is C12H20O4P2S2. The quantitative estimate of drug-likeness (QED) is 0.551. The third kappa shape index (κ3) is 5.80. The van der Waals surface area contributed by atoms with E-state index in [4.69, 9.17) is 25.6 Å². The van der Waals surface area contributed by atoms with Crippen LogP contribution in [0.25, 0.3) is 0 Å². The van der Waals surface area contributed by atoms with Crippen LogP contribution < -0.4 is 0 Å². The monoisotopic (exact) mass is 354 g/mol. The molecule has 8 heteroatoms. The van der Waals surface area contributed by atoms with Gasteiger partial charge in [0.25, 0.3) is 0 Å². The average molecular weight is 354 g/mol. The van der Waals surface area contributed by atoms with Gasteiger partial charge in [0.15, 0.2) is 0 Å². The lowest BCUT2D eigenvalue weighted by atomic mass is 10.1. The van der Waals surface area contributed by atoms with Crippen LogP contribution in [0.3, 0.4) is 0 Å². The molecule has 2 unspecified atom stereocenters. The molecular weight excluding hydrogens is 334 g/mol. The van der Waals surface area contributed by atoms with Gasteiger partial charge in [-0.15, -0.1) is 0 Å². The van der Waals surface area contributed by atoms with Gasteiger partial charge in [0.05, 0.1) is 6.61 Å². The first-order valence-electron chi connectivity index (χ1n) is 5.67. The van der Waals surface area contributed by atoms with Crippen molar-refractivity contribution < 1.29 is 18.6 Å². The highest BCUT2D eigenvalue weighted by molar-refractivity contribution is 8.68. The Morgan fingerprint density at radius 3 is 2.30 bits per heavy atom. The normalized spacial score (nSPS) is 12.3. The van der Waals surface area contributed by atoms with Crippen molar-refractivity contribution in [1.82, 2.24) is 0 Å². The van der Waals surface area contributed by atoms with E-state index in [1.165, 1.54) is 25.6 Å². The molecule has 1 aromatic rings. The summed E-state index contributed by atoms with van der Waals surface area (Å²) in [5.74, 6) is -0.331. The first-order valence-corrected chi connectivity index (χ1v) is 9.80. The Labute approximate surface area is 132 Å². The van der Waals surface area contributed by atoms with Crippen LogP contribution in [0.2, 0.25) is 0 Å². The molecule has 0 saturated carbocycles. The van der Waals surface area contributed by atoms with Crippen LogP contribution in [0, 0.1) is 0 Å². The summed E-state index contributed by atoms with van der Waals surface area (Å²) in [5, 5.41) is -0.535. The van der Waals surface area contributed by atoms with Gasteiger partial charge in [-0.1, -0.05) is 41.7 Å². The molecule has 0 bridgehead atoms. The molecule has 0 amide bonds. The minimum absolute atomic E-state index is 0. The molecule has 4 nitrogen and oxygen atoms in total. The van der Waals surface area contributed by atoms with Crippen LogP contribution in [0.5, 0.6) is 0 Å². The third-order valence-electron chi connectivity index (χ3n) is 2.28. The molecule has 1 aromatic carbocycles. The second-order valence-electron chi connectivity index (χ2n) is 3.46. The van der Waals surface area contributed by atoms with Crippen LogP contribution in [-0.2, 0) is 30.4 Å². The van der Waals surface area contributed by atoms with Gasteiger partial charge in [-0.3, -0.25) is 4.79 Å². The Morgan fingerprint density at radius 1 is 1.30 bits per heavy atom. The zero-order chi connectivity index (χ0) is 14.3. The Kier molecular flexibility index (Phi) is 9.90. The van der Waals surface area contributed by atoms with E-state index < -0.39 is 10.9 Å². The van der Waals surface area contributed by atoms with Crippen molar-refractivity contribution in [2.24, 2.45) is 0 Å². The van der Waals surface area contributed by atoms with Crippen molar-refractivity contribution in [3.05, 3.63) is 35.9 Å². The predicted octanol–water partition coefficient (Wildman–Crippen LogP) is 3.60. The summed E-state index contributed by atoms with van der Waals surface area (Å²) in [5.41, 5.74) is -1.70. The molecule has 114 valence electrons. The topological polar surface area (TPSA) is 44.8 Å². The number of carbonyl (C=O) groups excluding carboxylic acids is 1. The van der Waals surface area contributed by atoms with Crippen LogP contribution in [0.1, 0.15) is 17.7 Å².